The molecular weight excluding hydrogens is 250 g/mol. The van der Waals surface area contributed by atoms with E-state index in [1.165, 1.54) is 21.8 Å². The molecule has 2 aromatic carbocycles. The molecule has 0 aliphatic carbocycles. The fourth-order valence-electron chi connectivity index (χ4n) is 2.62. The number of thioether (sulfide) groups is 1. The van der Waals surface area contributed by atoms with Crippen molar-refractivity contribution in [1.82, 2.24) is 0 Å². The molecule has 0 saturated heterocycles. The van der Waals surface area contributed by atoms with E-state index in [-0.39, 0.29) is 5.54 Å². The first-order valence-corrected chi connectivity index (χ1v) is 7.66. The summed E-state index contributed by atoms with van der Waals surface area (Å²) in [6.45, 7) is 6.82. The third-order valence-electron chi connectivity index (χ3n) is 3.39. The van der Waals surface area contributed by atoms with E-state index in [1.54, 1.807) is 0 Å². The van der Waals surface area contributed by atoms with Crippen molar-refractivity contribution in [3.8, 4) is 0 Å². The first kappa shape index (κ1) is 12.6. The lowest BCUT2D eigenvalue weighted by Crippen LogP contribution is -2.38. The minimum Gasteiger partial charge on any atom is -0.335 e. The zero-order valence-electron chi connectivity index (χ0n) is 11.7. The maximum Gasteiger partial charge on any atom is 0.0554 e. The van der Waals surface area contributed by atoms with E-state index in [1.807, 2.05) is 11.8 Å². The summed E-state index contributed by atoms with van der Waals surface area (Å²) < 4.78 is 0. The van der Waals surface area contributed by atoms with E-state index in [9.17, 15) is 0 Å². The SMILES string of the molecule is CC(C)(C)N1c2ccccc2CSc2ccccc21. The Bertz CT molecular complexity index is 551. The van der Waals surface area contributed by atoms with Gasteiger partial charge >= 0.3 is 0 Å². The molecule has 98 valence electrons. The van der Waals surface area contributed by atoms with Gasteiger partial charge in [-0.25, -0.2) is 0 Å². The van der Waals surface area contributed by atoms with Gasteiger partial charge < -0.3 is 4.90 Å². The molecule has 1 aliphatic rings. The lowest BCUT2D eigenvalue weighted by Gasteiger charge is -2.38. The van der Waals surface area contributed by atoms with Crippen LogP contribution in [0.1, 0.15) is 26.3 Å². The number of fused-ring (bicyclic) bond motifs is 2. The summed E-state index contributed by atoms with van der Waals surface area (Å²) in [7, 11) is 0. The summed E-state index contributed by atoms with van der Waals surface area (Å²) in [4.78, 5) is 3.84. The van der Waals surface area contributed by atoms with Gasteiger partial charge in [0.1, 0.15) is 0 Å². The molecule has 1 aliphatic heterocycles. The van der Waals surface area contributed by atoms with Gasteiger partial charge in [-0.05, 0) is 44.5 Å². The first-order valence-electron chi connectivity index (χ1n) is 6.67. The molecular formula is C17H19NS. The third-order valence-corrected chi connectivity index (χ3v) is 4.50. The molecule has 1 nitrogen and oxygen atoms in total. The third kappa shape index (κ3) is 2.25. The average molecular weight is 269 g/mol. The Labute approximate surface area is 119 Å². The monoisotopic (exact) mass is 269 g/mol. The van der Waals surface area contributed by atoms with E-state index in [0.29, 0.717) is 0 Å². The molecule has 0 atom stereocenters. The van der Waals surface area contributed by atoms with Crippen LogP contribution >= 0.6 is 11.8 Å². The van der Waals surface area contributed by atoms with Crippen molar-refractivity contribution < 1.29 is 0 Å². The van der Waals surface area contributed by atoms with E-state index in [4.69, 9.17) is 0 Å². The molecule has 0 saturated carbocycles. The van der Waals surface area contributed by atoms with Gasteiger partial charge in [0.25, 0.3) is 0 Å². The quantitative estimate of drug-likeness (QED) is 0.644. The molecule has 0 aromatic heterocycles. The van der Waals surface area contributed by atoms with Crippen LogP contribution in [0.5, 0.6) is 0 Å². The lowest BCUT2D eigenvalue weighted by atomic mass is 10.0. The molecule has 2 heteroatoms. The number of rotatable bonds is 0. The van der Waals surface area contributed by atoms with E-state index < -0.39 is 0 Å². The Hall–Kier alpha value is -1.41. The predicted octanol–water partition coefficient (Wildman–Crippen LogP) is 5.23. The fourth-order valence-corrected chi connectivity index (χ4v) is 3.66. The maximum atomic E-state index is 2.47. The molecule has 2 aromatic rings. The van der Waals surface area contributed by atoms with Crippen LogP contribution in [-0.4, -0.2) is 5.54 Å². The Morgan fingerprint density at radius 3 is 2.26 bits per heavy atom. The summed E-state index contributed by atoms with van der Waals surface area (Å²) >= 11 is 1.93. The topological polar surface area (TPSA) is 3.24 Å². The van der Waals surface area contributed by atoms with Crippen LogP contribution in [0.4, 0.5) is 11.4 Å². The highest BCUT2D eigenvalue weighted by molar-refractivity contribution is 7.98. The summed E-state index contributed by atoms with van der Waals surface area (Å²) in [5.41, 5.74) is 4.15. The molecule has 0 radical (unpaired) electrons. The van der Waals surface area contributed by atoms with Crippen LogP contribution in [0, 0.1) is 0 Å². The van der Waals surface area contributed by atoms with Crippen molar-refractivity contribution in [2.75, 3.05) is 4.90 Å². The summed E-state index contributed by atoms with van der Waals surface area (Å²) in [6.07, 6.45) is 0. The van der Waals surface area contributed by atoms with Crippen molar-refractivity contribution in [2.24, 2.45) is 0 Å². The van der Waals surface area contributed by atoms with Gasteiger partial charge in [-0.1, -0.05) is 30.3 Å². The van der Waals surface area contributed by atoms with E-state index in [2.05, 4.69) is 74.2 Å². The van der Waals surface area contributed by atoms with E-state index in [0.717, 1.165) is 5.75 Å². The minimum absolute atomic E-state index is 0.0666. The van der Waals surface area contributed by atoms with Gasteiger partial charge in [0.2, 0.25) is 0 Å². The Morgan fingerprint density at radius 1 is 0.895 bits per heavy atom. The van der Waals surface area contributed by atoms with Crippen molar-refractivity contribution >= 4 is 23.1 Å². The van der Waals surface area contributed by atoms with Crippen LogP contribution < -0.4 is 4.90 Å². The molecule has 0 amide bonds. The van der Waals surface area contributed by atoms with Crippen molar-refractivity contribution in [2.45, 2.75) is 37.0 Å². The van der Waals surface area contributed by atoms with Crippen molar-refractivity contribution in [1.29, 1.82) is 0 Å². The highest BCUT2D eigenvalue weighted by Crippen LogP contribution is 2.45. The van der Waals surface area contributed by atoms with E-state index >= 15 is 0 Å². The van der Waals surface area contributed by atoms with Crippen LogP contribution in [0.2, 0.25) is 0 Å². The Balaban J connectivity index is 2.25. The molecule has 0 spiro atoms. The first-order chi connectivity index (χ1) is 9.07. The van der Waals surface area contributed by atoms with Crippen LogP contribution in [-0.2, 0) is 5.75 Å². The Kier molecular flexibility index (Phi) is 3.06. The van der Waals surface area contributed by atoms with Gasteiger partial charge in [-0.2, -0.15) is 0 Å². The molecule has 0 bridgehead atoms. The fraction of sp³-hybridized carbons (Fsp3) is 0.294. The van der Waals surface area contributed by atoms with Gasteiger partial charge in [0, 0.05) is 21.9 Å². The summed E-state index contributed by atoms with van der Waals surface area (Å²) in [5, 5.41) is 0. The number of anilines is 2. The number of hydrogen-bond donors (Lipinski definition) is 0. The number of hydrogen-bond acceptors (Lipinski definition) is 2. The second-order valence-electron chi connectivity index (χ2n) is 5.89. The zero-order valence-corrected chi connectivity index (χ0v) is 12.5. The molecule has 0 unspecified atom stereocenters. The molecule has 0 N–H and O–H groups in total. The van der Waals surface area contributed by atoms with Crippen LogP contribution in [0.15, 0.2) is 53.4 Å². The van der Waals surface area contributed by atoms with Crippen LogP contribution in [0.3, 0.4) is 0 Å². The molecule has 0 fully saturated rings. The molecule has 1 heterocycles. The summed E-state index contributed by atoms with van der Waals surface area (Å²) in [6, 6.07) is 17.5. The van der Waals surface area contributed by atoms with Crippen LogP contribution in [0.25, 0.3) is 0 Å². The highest BCUT2D eigenvalue weighted by Gasteiger charge is 2.29. The number of nitrogens with zero attached hydrogens (tertiary/aromatic N) is 1. The maximum absolute atomic E-state index is 2.47. The highest BCUT2D eigenvalue weighted by atomic mass is 32.2. The Morgan fingerprint density at radius 2 is 1.53 bits per heavy atom. The molecule has 19 heavy (non-hydrogen) atoms. The number of benzene rings is 2. The zero-order chi connectivity index (χ0) is 13.5. The van der Waals surface area contributed by atoms with Crippen molar-refractivity contribution in [3.05, 3.63) is 54.1 Å². The normalized spacial score (nSPS) is 14.6. The molecule has 3 rings (SSSR count). The van der Waals surface area contributed by atoms with Gasteiger partial charge in [-0.3, -0.25) is 0 Å². The summed E-state index contributed by atoms with van der Waals surface area (Å²) in [5.74, 6) is 1.04. The largest absolute Gasteiger partial charge is 0.335 e. The van der Waals surface area contributed by atoms with Gasteiger partial charge in [-0.15, -0.1) is 11.8 Å². The van der Waals surface area contributed by atoms with Gasteiger partial charge in [0.15, 0.2) is 0 Å². The standard InChI is InChI=1S/C17H19NS/c1-17(2,3)18-14-9-5-4-8-13(14)12-19-16-11-7-6-10-15(16)18/h4-11H,12H2,1-3H3. The second kappa shape index (κ2) is 4.61. The van der Waals surface area contributed by atoms with Gasteiger partial charge in [0.05, 0.1) is 5.69 Å². The smallest absolute Gasteiger partial charge is 0.0554 e. The minimum atomic E-state index is 0.0666. The van der Waals surface area contributed by atoms with Crippen molar-refractivity contribution in [3.63, 3.8) is 0 Å². The number of para-hydroxylation sites is 2. The average Bonchev–Trinajstić information content (AvgIpc) is 2.54. The lowest BCUT2D eigenvalue weighted by molar-refractivity contribution is 0.557. The second-order valence-corrected chi connectivity index (χ2v) is 6.91. The predicted molar refractivity (Wildman–Crippen MR) is 84.3 cm³/mol.